The lowest BCUT2D eigenvalue weighted by Crippen LogP contribution is -2.20. The summed E-state index contributed by atoms with van der Waals surface area (Å²) in [6, 6.07) is 0. The molecule has 0 aliphatic heterocycles. The molecule has 86 valence electrons. The van der Waals surface area contributed by atoms with Crippen LogP contribution in [0.3, 0.4) is 0 Å². The third-order valence-electron chi connectivity index (χ3n) is 3.34. The predicted molar refractivity (Wildman–Crippen MR) is 61.5 cm³/mol. The Hall–Kier alpha value is -0.790. The van der Waals surface area contributed by atoms with Gasteiger partial charge in [-0.1, -0.05) is 32.8 Å². The van der Waals surface area contributed by atoms with Gasteiger partial charge in [0.05, 0.1) is 6.61 Å². The maximum Gasteiger partial charge on any atom is 0.333 e. The summed E-state index contributed by atoms with van der Waals surface area (Å²) in [7, 11) is 0. The summed E-state index contributed by atoms with van der Waals surface area (Å²) in [6.07, 6.45) is 6.31. The van der Waals surface area contributed by atoms with Gasteiger partial charge in [-0.3, -0.25) is 0 Å². The molecule has 0 aromatic carbocycles. The van der Waals surface area contributed by atoms with Gasteiger partial charge in [-0.15, -0.1) is 0 Å². The molecule has 1 aliphatic rings. The fraction of sp³-hybridized carbons (Fsp3) is 0.769. The van der Waals surface area contributed by atoms with Gasteiger partial charge >= 0.3 is 5.97 Å². The molecule has 0 aromatic heterocycles. The van der Waals surface area contributed by atoms with Crippen molar-refractivity contribution in [3.8, 4) is 0 Å². The maximum atomic E-state index is 11.2. The molecule has 2 heteroatoms. The highest BCUT2D eigenvalue weighted by Gasteiger charge is 2.21. The quantitative estimate of drug-likeness (QED) is 0.525. The van der Waals surface area contributed by atoms with Gasteiger partial charge in [0.25, 0.3) is 0 Å². The van der Waals surface area contributed by atoms with Crippen LogP contribution in [-0.4, -0.2) is 12.6 Å². The zero-order valence-corrected chi connectivity index (χ0v) is 9.92. The van der Waals surface area contributed by atoms with E-state index in [1.807, 2.05) is 0 Å². The van der Waals surface area contributed by atoms with Crippen molar-refractivity contribution in [2.45, 2.75) is 46.0 Å². The third-order valence-corrected chi connectivity index (χ3v) is 3.34. The Bertz CT molecular complexity index is 225. The smallest absolute Gasteiger partial charge is 0.333 e. The Morgan fingerprint density at radius 3 is 2.27 bits per heavy atom. The van der Waals surface area contributed by atoms with E-state index in [1.54, 1.807) is 6.92 Å². The molecule has 0 unspecified atom stereocenters. The summed E-state index contributed by atoms with van der Waals surface area (Å²) >= 11 is 0. The molecule has 0 spiro atoms. The normalized spacial score (nSPS) is 26.0. The van der Waals surface area contributed by atoms with Gasteiger partial charge in [-0.25, -0.2) is 4.79 Å². The molecule has 2 nitrogen and oxygen atoms in total. The van der Waals surface area contributed by atoms with Crippen LogP contribution in [0.15, 0.2) is 12.2 Å². The van der Waals surface area contributed by atoms with Gasteiger partial charge in [0.2, 0.25) is 0 Å². The highest BCUT2D eigenvalue weighted by atomic mass is 16.5. The third kappa shape index (κ3) is 4.06. The van der Waals surface area contributed by atoms with Crippen LogP contribution in [-0.2, 0) is 9.53 Å². The number of hydrogen-bond donors (Lipinski definition) is 0. The first-order valence-electron chi connectivity index (χ1n) is 5.96. The van der Waals surface area contributed by atoms with E-state index < -0.39 is 0 Å². The van der Waals surface area contributed by atoms with E-state index in [9.17, 15) is 4.79 Å². The molecule has 0 saturated heterocycles. The molecule has 15 heavy (non-hydrogen) atoms. The summed E-state index contributed by atoms with van der Waals surface area (Å²) in [5.41, 5.74) is 0.497. The van der Waals surface area contributed by atoms with E-state index in [4.69, 9.17) is 4.74 Å². The first-order valence-corrected chi connectivity index (χ1v) is 5.96. The van der Waals surface area contributed by atoms with Gasteiger partial charge in [0, 0.05) is 5.57 Å². The molecule has 0 radical (unpaired) electrons. The Morgan fingerprint density at radius 1 is 1.27 bits per heavy atom. The lowest BCUT2D eigenvalue weighted by molar-refractivity contribution is -0.140. The molecule has 0 amide bonds. The van der Waals surface area contributed by atoms with Crippen molar-refractivity contribution in [3.05, 3.63) is 12.2 Å². The van der Waals surface area contributed by atoms with Crippen LogP contribution >= 0.6 is 0 Å². The molecular formula is C13H22O2. The summed E-state index contributed by atoms with van der Waals surface area (Å²) in [4.78, 5) is 11.2. The number of hydrogen-bond acceptors (Lipinski definition) is 2. The summed E-state index contributed by atoms with van der Waals surface area (Å²) in [6.45, 7) is 8.10. The minimum atomic E-state index is -0.243. The first kappa shape index (κ1) is 12.3. The van der Waals surface area contributed by atoms with Crippen LogP contribution in [0.1, 0.15) is 46.0 Å². The van der Waals surface area contributed by atoms with Gasteiger partial charge in [0.1, 0.15) is 0 Å². The van der Waals surface area contributed by atoms with Gasteiger partial charge in [-0.05, 0) is 31.6 Å². The van der Waals surface area contributed by atoms with Crippen LogP contribution in [0.4, 0.5) is 0 Å². The Balaban J connectivity index is 2.19. The molecule has 1 aliphatic carbocycles. The van der Waals surface area contributed by atoms with Crippen LogP contribution < -0.4 is 0 Å². The van der Waals surface area contributed by atoms with Gasteiger partial charge in [-0.2, -0.15) is 0 Å². The summed E-state index contributed by atoms with van der Waals surface area (Å²) < 4.78 is 5.17. The summed E-state index contributed by atoms with van der Waals surface area (Å²) in [5.74, 6) is 1.24. The minimum absolute atomic E-state index is 0.243. The highest BCUT2D eigenvalue weighted by Crippen LogP contribution is 2.30. The second kappa shape index (κ2) is 5.94. The Morgan fingerprint density at radius 2 is 1.80 bits per heavy atom. The molecule has 0 atom stereocenters. The van der Waals surface area contributed by atoms with Crippen molar-refractivity contribution in [3.63, 3.8) is 0 Å². The van der Waals surface area contributed by atoms with E-state index in [-0.39, 0.29) is 5.97 Å². The largest absolute Gasteiger partial charge is 0.462 e. The van der Waals surface area contributed by atoms with Crippen molar-refractivity contribution < 1.29 is 9.53 Å². The molecule has 0 heterocycles. The fourth-order valence-corrected chi connectivity index (χ4v) is 2.12. The lowest BCUT2D eigenvalue weighted by Gasteiger charge is -2.27. The van der Waals surface area contributed by atoms with E-state index in [1.165, 1.54) is 32.1 Å². The monoisotopic (exact) mass is 210 g/mol. The average molecular weight is 210 g/mol. The molecule has 1 saturated carbocycles. The number of carbonyl (C=O) groups excluding carboxylic acids is 1. The van der Waals surface area contributed by atoms with Crippen molar-refractivity contribution in [2.24, 2.45) is 11.8 Å². The SMILES string of the molecule is C=C(C)C(=O)OCC1CCC(CC)CC1. The van der Waals surface area contributed by atoms with Crippen LogP contribution in [0, 0.1) is 11.8 Å². The number of carbonyl (C=O) groups is 1. The van der Waals surface area contributed by atoms with Crippen LogP contribution in [0.2, 0.25) is 0 Å². The van der Waals surface area contributed by atoms with Crippen LogP contribution in [0.25, 0.3) is 0 Å². The van der Waals surface area contributed by atoms with Gasteiger partial charge in [0.15, 0.2) is 0 Å². The second-order valence-corrected chi connectivity index (χ2v) is 4.67. The molecule has 0 N–H and O–H groups in total. The van der Waals surface area contributed by atoms with E-state index in [0.717, 1.165) is 5.92 Å². The second-order valence-electron chi connectivity index (χ2n) is 4.67. The van der Waals surface area contributed by atoms with Crippen molar-refractivity contribution >= 4 is 5.97 Å². The molecular weight excluding hydrogens is 188 g/mol. The first-order chi connectivity index (χ1) is 7.13. The van der Waals surface area contributed by atoms with Crippen molar-refractivity contribution in [1.82, 2.24) is 0 Å². The average Bonchev–Trinajstić information content (AvgIpc) is 2.26. The molecule has 1 fully saturated rings. The Labute approximate surface area is 92.7 Å². The number of ether oxygens (including phenoxy) is 1. The van der Waals surface area contributed by atoms with Gasteiger partial charge < -0.3 is 4.74 Å². The lowest BCUT2D eigenvalue weighted by atomic mass is 9.81. The standard InChI is InChI=1S/C13H22O2/c1-4-11-5-7-12(8-6-11)9-15-13(14)10(2)3/h11-12H,2,4-9H2,1,3H3. The maximum absolute atomic E-state index is 11.2. The Kier molecular flexibility index (Phi) is 4.86. The zero-order chi connectivity index (χ0) is 11.3. The molecule has 0 bridgehead atoms. The predicted octanol–water partition coefficient (Wildman–Crippen LogP) is 3.32. The highest BCUT2D eigenvalue weighted by molar-refractivity contribution is 5.86. The van der Waals surface area contributed by atoms with Crippen molar-refractivity contribution in [1.29, 1.82) is 0 Å². The van der Waals surface area contributed by atoms with Crippen molar-refractivity contribution in [2.75, 3.05) is 6.61 Å². The topological polar surface area (TPSA) is 26.3 Å². The zero-order valence-electron chi connectivity index (χ0n) is 9.92. The number of rotatable bonds is 4. The minimum Gasteiger partial charge on any atom is -0.462 e. The molecule has 0 aromatic rings. The van der Waals surface area contributed by atoms with E-state index >= 15 is 0 Å². The van der Waals surface area contributed by atoms with Crippen LogP contribution in [0.5, 0.6) is 0 Å². The van der Waals surface area contributed by atoms with E-state index in [2.05, 4.69) is 13.5 Å². The number of esters is 1. The summed E-state index contributed by atoms with van der Waals surface area (Å²) in [5, 5.41) is 0. The molecule has 1 rings (SSSR count). The van der Waals surface area contributed by atoms with E-state index in [0.29, 0.717) is 18.1 Å². The fourth-order valence-electron chi connectivity index (χ4n) is 2.12.